The van der Waals surface area contributed by atoms with E-state index in [-0.39, 0.29) is 21.8 Å². The summed E-state index contributed by atoms with van der Waals surface area (Å²) in [5.41, 5.74) is 0. The monoisotopic (exact) mass is 434 g/mol. The highest BCUT2D eigenvalue weighted by atomic mass is 32.2. The van der Waals surface area contributed by atoms with Gasteiger partial charge in [0.1, 0.15) is 4.21 Å². The molecule has 1 fully saturated rings. The van der Waals surface area contributed by atoms with Crippen molar-refractivity contribution in [3.05, 3.63) is 39.9 Å². The number of thiophene rings is 2. The molecule has 0 saturated carbocycles. The van der Waals surface area contributed by atoms with Crippen LogP contribution >= 0.6 is 22.7 Å². The lowest BCUT2D eigenvalue weighted by atomic mass is 10.2. The molecule has 1 N–H and O–H groups in total. The highest BCUT2D eigenvalue weighted by Crippen LogP contribution is 2.29. The molecule has 2 aromatic heterocycles. The van der Waals surface area contributed by atoms with Gasteiger partial charge in [-0.05, 0) is 37.0 Å². The lowest BCUT2D eigenvalue weighted by Crippen LogP contribution is -2.46. The normalized spacial score (nSPS) is 24.1. The Morgan fingerprint density at radius 3 is 2.46 bits per heavy atom. The van der Waals surface area contributed by atoms with Crippen LogP contribution in [0.5, 0.6) is 0 Å². The quantitative estimate of drug-likeness (QED) is 0.713. The molecular weight excluding hydrogens is 412 g/mol. The van der Waals surface area contributed by atoms with Gasteiger partial charge in [-0.1, -0.05) is 12.1 Å². The van der Waals surface area contributed by atoms with Crippen molar-refractivity contribution in [1.82, 2.24) is 10.2 Å². The Morgan fingerprint density at radius 1 is 1.19 bits per heavy atom. The van der Waals surface area contributed by atoms with Crippen molar-refractivity contribution in [3.63, 3.8) is 0 Å². The molecule has 3 heterocycles. The number of hydrogen-bond acceptors (Lipinski definition) is 8. The maximum absolute atomic E-state index is 12.9. The third-order valence-corrected chi connectivity index (χ3v) is 11.1. The van der Waals surface area contributed by atoms with E-state index >= 15 is 0 Å². The molecule has 0 aliphatic carbocycles. The van der Waals surface area contributed by atoms with Gasteiger partial charge in [0.25, 0.3) is 0 Å². The van der Waals surface area contributed by atoms with E-state index in [2.05, 4.69) is 5.32 Å². The number of nitrogens with one attached hydrogen (secondary N) is 1. The molecule has 26 heavy (non-hydrogen) atoms. The summed E-state index contributed by atoms with van der Waals surface area (Å²) in [5, 5.41) is 5.98. The Hall–Kier alpha value is -0.780. The van der Waals surface area contributed by atoms with Crippen molar-refractivity contribution in [1.29, 1.82) is 0 Å². The van der Waals surface area contributed by atoms with Crippen molar-refractivity contribution in [3.8, 4) is 0 Å². The minimum Gasteiger partial charge on any atom is -0.310 e. The number of likely N-dealkylation sites (N-methyl/N-ethyl adjacent to an activating group) is 1. The molecule has 0 bridgehead atoms. The molecule has 0 aromatic carbocycles. The molecule has 6 nitrogen and oxygen atoms in total. The summed E-state index contributed by atoms with van der Waals surface area (Å²) in [4.78, 5) is 3.20. The Morgan fingerprint density at radius 2 is 1.88 bits per heavy atom. The average molecular weight is 435 g/mol. The van der Waals surface area contributed by atoms with E-state index in [4.69, 9.17) is 0 Å². The van der Waals surface area contributed by atoms with Gasteiger partial charge in [0, 0.05) is 17.5 Å². The van der Waals surface area contributed by atoms with Crippen molar-refractivity contribution in [2.45, 2.75) is 21.5 Å². The van der Waals surface area contributed by atoms with Gasteiger partial charge in [-0.15, -0.1) is 22.7 Å². The summed E-state index contributed by atoms with van der Waals surface area (Å²) in [6.07, 6.45) is 0. The first-order valence-electron chi connectivity index (χ1n) is 8.12. The molecule has 1 unspecified atom stereocenters. The zero-order chi connectivity index (χ0) is 18.9. The van der Waals surface area contributed by atoms with Gasteiger partial charge in [-0.2, -0.15) is 0 Å². The van der Waals surface area contributed by atoms with Gasteiger partial charge in [-0.25, -0.2) is 16.8 Å². The first-order valence-corrected chi connectivity index (χ1v) is 13.2. The van der Waals surface area contributed by atoms with Crippen LogP contribution in [-0.4, -0.2) is 65.2 Å². The fourth-order valence-corrected chi connectivity index (χ4v) is 10.0. The molecule has 3 rings (SSSR count). The minimum absolute atomic E-state index is 0.0587. The molecule has 0 radical (unpaired) electrons. The first kappa shape index (κ1) is 20.0. The topological polar surface area (TPSA) is 83.6 Å². The summed E-state index contributed by atoms with van der Waals surface area (Å²) < 4.78 is 50.4. The molecule has 2 aromatic rings. The maximum atomic E-state index is 12.9. The molecule has 144 valence electrons. The number of sulfone groups is 2. The molecular formula is C16H22N2O4S4. The Balaban J connectivity index is 1.81. The fraction of sp³-hybridized carbons (Fsp3) is 0.500. The van der Waals surface area contributed by atoms with E-state index in [1.807, 2.05) is 36.5 Å². The second kappa shape index (κ2) is 7.69. The van der Waals surface area contributed by atoms with E-state index in [0.29, 0.717) is 6.54 Å². The second-order valence-electron chi connectivity index (χ2n) is 6.60. The largest absolute Gasteiger partial charge is 0.310 e. The van der Waals surface area contributed by atoms with Crippen LogP contribution in [0, 0.1) is 0 Å². The number of rotatable bonds is 7. The molecule has 10 heteroatoms. The third kappa shape index (κ3) is 4.20. The van der Waals surface area contributed by atoms with E-state index in [1.165, 1.54) is 6.07 Å². The van der Waals surface area contributed by atoms with Crippen molar-refractivity contribution in [2.24, 2.45) is 0 Å². The van der Waals surface area contributed by atoms with Crippen LogP contribution in [0.4, 0.5) is 0 Å². The smallest absolute Gasteiger partial charge is 0.193 e. The fourth-order valence-electron chi connectivity index (χ4n) is 3.17. The van der Waals surface area contributed by atoms with Crippen molar-refractivity contribution >= 4 is 42.3 Å². The Kier molecular flexibility index (Phi) is 5.90. The van der Waals surface area contributed by atoms with E-state index in [1.54, 1.807) is 22.8 Å². The minimum atomic E-state index is -3.67. The standard InChI is InChI=1S/C16H22N2O4S4/c1-18(2)13(14-5-3-7-23-14)9-17-12-10-25(19,20)11-15(12)26(21,22)16-6-4-8-24-16/h3-8,12-13,15,17H,9-11H2,1-2H3/t12-,13?,15-/m0/s1. The van der Waals surface area contributed by atoms with Crippen LogP contribution in [0.25, 0.3) is 0 Å². The summed E-state index contributed by atoms with van der Waals surface area (Å²) in [6, 6.07) is 6.67. The van der Waals surface area contributed by atoms with Crippen LogP contribution in [0.3, 0.4) is 0 Å². The Bertz CT molecular complexity index is 919. The zero-order valence-corrected chi connectivity index (χ0v) is 17.8. The predicted molar refractivity (Wildman–Crippen MR) is 106 cm³/mol. The van der Waals surface area contributed by atoms with Crippen LogP contribution in [0.15, 0.2) is 39.2 Å². The molecule has 3 atom stereocenters. The highest BCUT2D eigenvalue weighted by molar-refractivity contribution is 7.97. The third-order valence-electron chi connectivity index (χ3n) is 4.54. The Labute approximate surface area is 162 Å². The average Bonchev–Trinajstić information content (AvgIpc) is 3.27. The number of nitrogens with zero attached hydrogens (tertiary/aromatic N) is 1. The second-order valence-corrected chi connectivity index (χ2v) is 13.1. The van der Waals surface area contributed by atoms with Gasteiger partial charge >= 0.3 is 0 Å². The van der Waals surface area contributed by atoms with Gasteiger partial charge in [0.2, 0.25) is 0 Å². The summed E-state index contributed by atoms with van der Waals surface area (Å²) in [7, 11) is -3.15. The SMILES string of the molecule is CN(C)C(CN[C@H]1CS(=O)(=O)C[C@@H]1S(=O)(=O)c1cccs1)c1cccs1. The molecule has 0 amide bonds. The molecule has 1 aliphatic heterocycles. The summed E-state index contributed by atoms with van der Waals surface area (Å²) in [5.74, 6) is -0.469. The lowest BCUT2D eigenvalue weighted by molar-refractivity contribution is 0.286. The van der Waals surface area contributed by atoms with Crippen LogP contribution in [0.2, 0.25) is 0 Å². The van der Waals surface area contributed by atoms with Crippen molar-refractivity contribution < 1.29 is 16.8 Å². The highest BCUT2D eigenvalue weighted by Gasteiger charge is 2.46. The van der Waals surface area contributed by atoms with E-state index < -0.39 is 31.0 Å². The molecule has 1 saturated heterocycles. The first-order chi connectivity index (χ1) is 12.2. The van der Waals surface area contributed by atoms with Gasteiger partial charge in [-0.3, -0.25) is 0 Å². The van der Waals surface area contributed by atoms with E-state index in [0.717, 1.165) is 16.2 Å². The van der Waals surface area contributed by atoms with Crippen molar-refractivity contribution in [2.75, 3.05) is 32.1 Å². The molecule has 0 spiro atoms. The summed E-state index contributed by atoms with van der Waals surface area (Å²) in [6.45, 7) is 0.490. The van der Waals surface area contributed by atoms with Crippen LogP contribution in [0.1, 0.15) is 10.9 Å². The molecule has 1 aliphatic rings. The van der Waals surface area contributed by atoms with Crippen LogP contribution < -0.4 is 5.32 Å². The van der Waals surface area contributed by atoms with Gasteiger partial charge in [0.15, 0.2) is 19.7 Å². The predicted octanol–water partition coefficient (Wildman–Crippen LogP) is 1.64. The maximum Gasteiger partial charge on any atom is 0.193 e. The lowest BCUT2D eigenvalue weighted by Gasteiger charge is -2.27. The zero-order valence-electron chi connectivity index (χ0n) is 14.5. The van der Waals surface area contributed by atoms with Gasteiger partial charge < -0.3 is 10.2 Å². The van der Waals surface area contributed by atoms with Crippen LogP contribution in [-0.2, 0) is 19.7 Å². The van der Waals surface area contributed by atoms with Gasteiger partial charge in [0.05, 0.1) is 22.8 Å². The van der Waals surface area contributed by atoms with E-state index in [9.17, 15) is 16.8 Å². The summed E-state index contributed by atoms with van der Waals surface area (Å²) >= 11 is 2.76. The number of hydrogen-bond donors (Lipinski definition) is 1.